The molecule has 2 aromatic rings. The van der Waals surface area contributed by atoms with Crippen molar-refractivity contribution in [2.45, 2.75) is 31.3 Å². The maximum absolute atomic E-state index is 11.3. The molecule has 0 unspecified atom stereocenters. The Labute approximate surface area is 128 Å². The van der Waals surface area contributed by atoms with Gasteiger partial charge in [0.1, 0.15) is 16.4 Å². The molecule has 2 rings (SSSR count). The number of aromatic carboxylic acids is 1. The SMILES string of the molecule is CCSc1nn(CCCc2ccccc2)c(N)c1C(=O)O. The van der Waals surface area contributed by atoms with Crippen molar-refractivity contribution in [3.63, 3.8) is 0 Å². The number of nitrogen functional groups attached to an aromatic ring is 1. The first-order valence-electron chi connectivity index (χ1n) is 6.89. The van der Waals surface area contributed by atoms with Crippen molar-refractivity contribution in [3.05, 3.63) is 41.5 Å². The van der Waals surface area contributed by atoms with Crippen molar-refractivity contribution in [3.8, 4) is 0 Å². The first-order valence-corrected chi connectivity index (χ1v) is 7.88. The van der Waals surface area contributed by atoms with Crippen molar-refractivity contribution in [2.75, 3.05) is 11.5 Å². The standard InChI is InChI=1S/C15H19N3O2S/c1-2-21-14-12(15(19)20)13(16)18(17-14)10-6-9-11-7-4-3-5-8-11/h3-5,7-8H,2,6,9-10,16H2,1H3,(H,19,20). The summed E-state index contributed by atoms with van der Waals surface area (Å²) in [7, 11) is 0. The lowest BCUT2D eigenvalue weighted by atomic mass is 10.1. The van der Waals surface area contributed by atoms with Crippen LogP contribution in [0.25, 0.3) is 0 Å². The molecule has 0 saturated heterocycles. The molecule has 0 saturated carbocycles. The van der Waals surface area contributed by atoms with Crippen LogP contribution in [0.4, 0.5) is 5.82 Å². The van der Waals surface area contributed by atoms with Gasteiger partial charge in [-0.3, -0.25) is 0 Å². The van der Waals surface area contributed by atoms with E-state index in [1.54, 1.807) is 4.68 Å². The molecule has 0 aliphatic rings. The average Bonchev–Trinajstić information content (AvgIpc) is 2.77. The number of rotatable bonds is 7. The predicted octanol–water partition coefficient (Wildman–Crippen LogP) is 2.91. The number of hydrogen-bond donors (Lipinski definition) is 2. The van der Waals surface area contributed by atoms with E-state index < -0.39 is 5.97 Å². The molecule has 1 heterocycles. The summed E-state index contributed by atoms with van der Waals surface area (Å²) in [6.07, 6.45) is 1.78. The largest absolute Gasteiger partial charge is 0.477 e. The minimum Gasteiger partial charge on any atom is -0.477 e. The van der Waals surface area contributed by atoms with Crippen molar-refractivity contribution in [2.24, 2.45) is 0 Å². The summed E-state index contributed by atoms with van der Waals surface area (Å²) in [6.45, 7) is 2.58. The van der Waals surface area contributed by atoms with Gasteiger partial charge in [0, 0.05) is 6.54 Å². The van der Waals surface area contributed by atoms with Crippen LogP contribution < -0.4 is 5.73 Å². The summed E-state index contributed by atoms with van der Waals surface area (Å²) in [4.78, 5) is 11.3. The highest BCUT2D eigenvalue weighted by Gasteiger charge is 2.21. The molecule has 0 bridgehead atoms. The summed E-state index contributed by atoms with van der Waals surface area (Å²) in [5.74, 6) is -0.00919. The Morgan fingerprint density at radius 3 is 2.71 bits per heavy atom. The second-order valence-corrected chi connectivity index (χ2v) is 5.87. The van der Waals surface area contributed by atoms with Gasteiger partial charge in [0.2, 0.25) is 0 Å². The van der Waals surface area contributed by atoms with Gasteiger partial charge in [-0.05, 0) is 24.2 Å². The smallest absolute Gasteiger partial charge is 0.342 e. The van der Waals surface area contributed by atoms with Crippen LogP contribution in [0.2, 0.25) is 0 Å². The van der Waals surface area contributed by atoms with Crippen LogP contribution in [0.15, 0.2) is 35.4 Å². The Bertz CT molecular complexity index is 611. The number of nitrogens with zero attached hydrogens (tertiary/aromatic N) is 2. The lowest BCUT2D eigenvalue weighted by Gasteiger charge is -2.04. The van der Waals surface area contributed by atoms with E-state index in [9.17, 15) is 9.90 Å². The number of aromatic nitrogens is 2. The predicted molar refractivity (Wildman–Crippen MR) is 84.8 cm³/mol. The summed E-state index contributed by atoms with van der Waals surface area (Å²) < 4.78 is 1.60. The fraction of sp³-hybridized carbons (Fsp3) is 0.333. The molecule has 1 aromatic carbocycles. The van der Waals surface area contributed by atoms with Gasteiger partial charge in [0.05, 0.1) is 0 Å². The first kappa shape index (κ1) is 15.4. The molecule has 0 aliphatic heterocycles. The highest BCUT2D eigenvalue weighted by molar-refractivity contribution is 7.99. The van der Waals surface area contributed by atoms with E-state index in [1.807, 2.05) is 25.1 Å². The third-order valence-electron chi connectivity index (χ3n) is 3.13. The van der Waals surface area contributed by atoms with E-state index in [-0.39, 0.29) is 11.4 Å². The number of carboxylic acids is 1. The van der Waals surface area contributed by atoms with Gasteiger partial charge in [-0.2, -0.15) is 5.10 Å². The van der Waals surface area contributed by atoms with E-state index in [2.05, 4.69) is 17.2 Å². The molecular formula is C15H19N3O2S. The van der Waals surface area contributed by atoms with Gasteiger partial charge in [0.25, 0.3) is 0 Å². The van der Waals surface area contributed by atoms with Crippen molar-refractivity contribution < 1.29 is 9.90 Å². The lowest BCUT2D eigenvalue weighted by molar-refractivity contribution is 0.0694. The summed E-state index contributed by atoms with van der Waals surface area (Å²) in [5.41, 5.74) is 7.30. The molecule has 0 radical (unpaired) electrons. The third-order valence-corrected chi connectivity index (χ3v) is 3.98. The van der Waals surface area contributed by atoms with E-state index >= 15 is 0 Å². The molecule has 1 aromatic heterocycles. The Morgan fingerprint density at radius 1 is 1.38 bits per heavy atom. The zero-order valence-electron chi connectivity index (χ0n) is 12.0. The molecule has 21 heavy (non-hydrogen) atoms. The van der Waals surface area contributed by atoms with Crippen LogP contribution >= 0.6 is 11.8 Å². The Hall–Kier alpha value is -1.95. The van der Waals surface area contributed by atoms with Crippen molar-refractivity contribution in [1.82, 2.24) is 9.78 Å². The second-order valence-electron chi connectivity index (χ2n) is 4.62. The highest BCUT2D eigenvalue weighted by atomic mass is 32.2. The molecule has 112 valence electrons. The molecule has 0 amide bonds. The zero-order valence-corrected chi connectivity index (χ0v) is 12.8. The Kier molecular flexibility index (Phi) is 5.27. The number of hydrogen-bond acceptors (Lipinski definition) is 4. The van der Waals surface area contributed by atoms with Gasteiger partial charge in [-0.1, -0.05) is 37.3 Å². The van der Waals surface area contributed by atoms with E-state index in [1.165, 1.54) is 17.3 Å². The van der Waals surface area contributed by atoms with Crippen LogP contribution in [-0.4, -0.2) is 26.6 Å². The lowest BCUT2D eigenvalue weighted by Crippen LogP contribution is -2.08. The molecule has 0 aliphatic carbocycles. The Morgan fingerprint density at radius 2 is 2.10 bits per heavy atom. The van der Waals surface area contributed by atoms with Gasteiger partial charge < -0.3 is 10.8 Å². The molecule has 0 spiro atoms. The number of carboxylic acid groups (broad SMARTS) is 1. The fourth-order valence-electron chi connectivity index (χ4n) is 2.14. The van der Waals surface area contributed by atoms with E-state index in [0.29, 0.717) is 11.6 Å². The second kappa shape index (κ2) is 7.17. The minimum absolute atomic E-state index is 0.126. The molecule has 0 atom stereocenters. The van der Waals surface area contributed by atoms with Gasteiger partial charge >= 0.3 is 5.97 Å². The maximum atomic E-state index is 11.3. The van der Waals surface area contributed by atoms with Crippen LogP contribution in [0.1, 0.15) is 29.3 Å². The maximum Gasteiger partial charge on any atom is 0.342 e. The highest BCUT2D eigenvalue weighted by Crippen LogP contribution is 2.26. The molecule has 3 N–H and O–H groups in total. The fourth-order valence-corrected chi connectivity index (χ4v) is 2.90. The number of thioether (sulfide) groups is 1. The molecule has 6 heteroatoms. The van der Waals surface area contributed by atoms with Crippen molar-refractivity contribution in [1.29, 1.82) is 0 Å². The molecule has 0 fully saturated rings. The topological polar surface area (TPSA) is 81.1 Å². The minimum atomic E-state index is -1.02. The number of carbonyl (C=O) groups is 1. The Balaban J connectivity index is 2.06. The number of aryl methyl sites for hydroxylation is 2. The van der Waals surface area contributed by atoms with E-state index in [4.69, 9.17) is 5.73 Å². The average molecular weight is 305 g/mol. The van der Waals surface area contributed by atoms with Crippen LogP contribution in [-0.2, 0) is 13.0 Å². The van der Waals surface area contributed by atoms with Gasteiger partial charge in [-0.15, -0.1) is 11.8 Å². The normalized spacial score (nSPS) is 10.7. The monoisotopic (exact) mass is 305 g/mol. The number of nitrogens with two attached hydrogens (primary N) is 1. The number of benzene rings is 1. The quantitative estimate of drug-likeness (QED) is 0.769. The van der Waals surface area contributed by atoms with Crippen LogP contribution in [0.5, 0.6) is 0 Å². The van der Waals surface area contributed by atoms with Gasteiger partial charge in [0.15, 0.2) is 0 Å². The van der Waals surface area contributed by atoms with Crippen LogP contribution in [0.3, 0.4) is 0 Å². The summed E-state index contributed by atoms with van der Waals surface area (Å²) >= 11 is 1.40. The summed E-state index contributed by atoms with van der Waals surface area (Å²) in [6, 6.07) is 10.2. The third kappa shape index (κ3) is 3.78. The van der Waals surface area contributed by atoms with Crippen LogP contribution in [0, 0.1) is 0 Å². The zero-order chi connectivity index (χ0) is 15.2. The molecule has 5 nitrogen and oxygen atoms in total. The number of anilines is 1. The van der Waals surface area contributed by atoms with Crippen molar-refractivity contribution >= 4 is 23.5 Å². The van der Waals surface area contributed by atoms with Gasteiger partial charge in [-0.25, -0.2) is 9.48 Å². The molecular weight excluding hydrogens is 286 g/mol. The first-order chi connectivity index (χ1) is 10.1. The van der Waals surface area contributed by atoms with E-state index in [0.717, 1.165) is 18.6 Å². The summed E-state index contributed by atoms with van der Waals surface area (Å²) in [5, 5.41) is 14.1.